The van der Waals surface area contributed by atoms with Crippen LogP contribution in [0.3, 0.4) is 0 Å². The van der Waals surface area contributed by atoms with Gasteiger partial charge in [0, 0.05) is 11.6 Å². The molecule has 0 aliphatic heterocycles. The Hall–Kier alpha value is -2.27. The van der Waals surface area contributed by atoms with Crippen molar-refractivity contribution in [1.29, 1.82) is 0 Å². The summed E-state index contributed by atoms with van der Waals surface area (Å²) in [6.45, 7) is 0. The van der Waals surface area contributed by atoms with Crippen molar-refractivity contribution >= 4 is 17.2 Å². The number of thiazole rings is 1. The van der Waals surface area contributed by atoms with Gasteiger partial charge in [-0.3, -0.25) is 0 Å². The van der Waals surface area contributed by atoms with Crippen LogP contribution in [0.2, 0.25) is 0 Å². The van der Waals surface area contributed by atoms with Crippen LogP contribution < -0.4 is 5.32 Å². The molecule has 0 bridgehead atoms. The van der Waals surface area contributed by atoms with Gasteiger partial charge in [0.1, 0.15) is 16.9 Å². The van der Waals surface area contributed by atoms with Gasteiger partial charge in [-0.15, -0.1) is 11.3 Å². The van der Waals surface area contributed by atoms with Crippen LogP contribution in [0.1, 0.15) is 16.6 Å². The van der Waals surface area contributed by atoms with Crippen molar-refractivity contribution in [3.05, 3.63) is 76.6 Å². The number of halogens is 1. The van der Waals surface area contributed by atoms with Crippen LogP contribution >= 0.6 is 11.3 Å². The highest BCUT2D eigenvalue weighted by molar-refractivity contribution is 7.09. The fourth-order valence-electron chi connectivity index (χ4n) is 1.95. The highest BCUT2D eigenvalue weighted by atomic mass is 32.1. The molecule has 1 N–H and O–H groups in total. The van der Waals surface area contributed by atoms with Gasteiger partial charge in [0.25, 0.3) is 0 Å². The van der Waals surface area contributed by atoms with Crippen LogP contribution in [-0.4, -0.2) is 9.97 Å². The third-order valence-electron chi connectivity index (χ3n) is 2.84. The lowest BCUT2D eigenvalue weighted by molar-refractivity contribution is 0.584. The van der Waals surface area contributed by atoms with Gasteiger partial charge in [0.05, 0.1) is 0 Å². The average molecular weight is 285 g/mol. The number of anilines is 1. The van der Waals surface area contributed by atoms with Crippen molar-refractivity contribution in [2.45, 2.75) is 6.04 Å². The minimum Gasteiger partial charge on any atom is -0.357 e. The van der Waals surface area contributed by atoms with Crippen LogP contribution in [0.25, 0.3) is 0 Å². The van der Waals surface area contributed by atoms with Crippen molar-refractivity contribution < 1.29 is 4.39 Å². The monoisotopic (exact) mass is 285 g/mol. The van der Waals surface area contributed by atoms with E-state index in [0.717, 1.165) is 10.6 Å². The minimum atomic E-state index is -0.499. The predicted octanol–water partition coefficient (Wildman–Crippen LogP) is 3.88. The van der Waals surface area contributed by atoms with Crippen LogP contribution in [0.15, 0.2) is 60.1 Å². The number of hydrogen-bond acceptors (Lipinski definition) is 4. The van der Waals surface area contributed by atoms with Gasteiger partial charge in [-0.1, -0.05) is 36.4 Å². The van der Waals surface area contributed by atoms with E-state index < -0.39 is 5.95 Å². The summed E-state index contributed by atoms with van der Waals surface area (Å²) in [5.41, 5.74) is 1.06. The highest BCUT2D eigenvalue weighted by Crippen LogP contribution is 2.27. The maximum absolute atomic E-state index is 13.2. The molecule has 0 saturated heterocycles. The molecule has 2 aromatic heterocycles. The molecule has 0 saturated carbocycles. The molecule has 100 valence electrons. The number of hydrogen-bond donors (Lipinski definition) is 1. The molecule has 1 atom stereocenters. The van der Waals surface area contributed by atoms with Gasteiger partial charge < -0.3 is 5.32 Å². The zero-order valence-corrected chi connectivity index (χ0v) is 11.3. The summed E-state index contributed by atoms with van der Waals surface area (Å²) in [5, 5.41) is 6.08. The Kier molecular flexibility index (Phi) is 3.69. The van der Waals surface area contributed by atoms with E-state index in [2.05, 4.69) is 15.3 Å². The summed E-state index contributed by atoms with van der Waals surface area (Å²) < 4.78 is 13.2. The van der Waals surface area contributed by atoms with E-state index >= 15 is 0 Å². The Balaban J connectivity index is 1.95. The van der Waals surface area contributed by atoms with Crippen LogP contribution in [-0.2, 0) is 0 Å². The van der Waals surface area contributed by atoms with E-state index in [9.17, 15) is 4.39 Å². The van der Waals surface area contributed by atoms with Gasteiger partial charge in [0.2, 0.25) is 5.95 Å². The molecule has 0 amide bonds. The van der Waals surface area contributed by atoms with E-state index in [-0.39, 0.29) is 6.04 Å². The molecule has 20 heavy (non-hydrogen) atoms. The standard InChI is InChI=1S/C15H12FN3S/c16-12-7-4-8-13(18-12)19-14(15-17-9-10-20-15)11-5-2-1-3-6-11/h1-10,14H,(H,18,19). The van der Waals surface area contributed by atoms with Gasteiger partial charge in [0.15, 0.2) is 0 Å². The van der Waals surface area contributed by atoms with Crippen molar-refractivity contribution in [3.8, 4) is 0 Å². The molecule has 3 nitrogen and oxygen atoms in total. The molecular formula is C15H12FN3S. The Morgan fingerprint density at radius 2 is 1.90 bits per heavy atom. The van der Waals surface area contributed by atoms with Crippen LogP contribution in [0.5, 0.6) is 0 Å². The molecular weight excluding hydrogens is 273 g/mol. The summed E-state index contributed by atoms with van der Waals surface area (Å²) in [4.78, 5) is 8.19. The topological polar surface area (TPSA) is 37.8 Å². The van der Waals surface area contributed by atoms with Gasteiger partial charge in [-0.2, -0.15) is 4.39 Å². The highest BCUT2D eigenvalue weighted by Gasteiger charge is 2.16. The fourth-order valence-corrected chi connectivity index (χ4v) is 2.66. The van der Waals surface area contributed by atoms with E-state index in [4.69, 9.17) is 0 Å². The molecule has 0 fully saturated rings. The zero-order valence-electron chi connectivity index (χ0n) is 10.5. The van der Waals surface area contributed by atoms with Crippen LogP contribution in [0.4, 0.5) is 10.2 Å². The maximum Gasteiger partial charge on any atom is 0.214 e. The number of pyridine rings is 1. The number of nitrogens with one attached hydrogen (secondary N) is 1. The number of rotatable bonds is 4. The smallest absolute Gasteiger partial charge is 0.214 e. The first-order valence-electron chi connectivity index (χ1n) is 6.16. The lowest BCUT2D eigenvalue weighted by Gasteiger charge is -2.17. The Bertz CT molecular complexity index is 671. The Morgan fingerprint density at radius 1 is 1.05 bits per heavy atom. The van der Waals surface area contributed by atoms with E-state index in [1.807, 2.05) is 35.7 Å². The summed E-state index contributed by atoms with van der Waals surface area (Å²) in [5.74, 6) is -0.00463. The van der Waals surface area contributed by atoms with E-state index in [0.29, 0.717) is 5.82 Å². The molecule has 1 unspecified atom stereocenters. The summed E-state index contributed by atoms with van der Waals surface area (Å²) in [6.07, 6.45) is 1.76. The van der Waals surface area contributed by atoms with Gasteiger partial charge in [-0.25, -0.2) is 9.97 Å². The normalized spacial score (nSPS) is 12.1. The fraction of sp³-hybridized carbons (Fsp3) is 0.0667. The van der Waals surface area contributed by atoms with Crippen LogP contribution in [0, 0.1) is 5.95 Å². The maximum atomic E-state index is 13.2. The first-order chi connectivity index (χ1) is 9.83. The summed E-state index contributed by atoms with van der Waals surface area (Å²) >= 11 is 1.55. The zero-order chi connectivity index (χ0) is 13.8. The molecule has 0 spiro atoms. The Morgan fingerprint density at radius 3 is 2.60 bits per heavy atom. The number of benzene rings is 1. The van der Waals surface area contributed by atoms with Gasteiger partial charge in [-0.05, 0) is 17.7 Å². The first-order valence-corrected chi connectivity index (χ1v) is 7.04. The van der Waals surface area contributed by atoms with E-state index in [1.54, 1.807) is 29.7 Å². The number of nitrogens with zero attached hydrogens (tertiary/aromatic N) is 2. The lowest BCUT2D eigenvalue weighted by Crippen LogP contribution is -2.13. The largest absolute Gasteiger partial charge is 0.357 e. The molecule has 0 aliphatic carbocycles. The Labute approximate surface area is 120 Å². The third kappa shape index (κ3) is 2.83. The lowest BCUT2D eigenvalue weighted by atomic mass is 10.1. The molecule has 0 radical (unpaired) electrons. The van der Waals surface area contributed by atoms with Crippen molar-refractivity contribution in [2.75, 3.05) is 5.32 Å². The molecule has 3 aromatic rings. The number of aromatic nitrogens is 2. The SMILES string of the molecule is Fc1cccc(NC(c2ccccc2)c2nccs2)n1. The quantitative estimate of drug-likeness (QED) is 0.739. The summed E-state index contributed by atoms with van der Waals surface area (Å²) in [6, 6.07) is 14.5. The molecule has 0 aliphatic rings. The van der Waals surface area contributed by atoms with Gasteiger partial charge >= 0.3 is 0 Å². The summed E-state index contributed by atoms with van der Waals surface area (Å²) in [7, 11) is 0. The molecule has 1 aromatic carbocycles. The average Bonchev–Trinajstić information content (AvgIpc) is 3.00. The second kappa shape index (κ2) is 5.79. The van der Waals surface area contributed by atoms with Crippen molar-refractivity contribution in [1.82, 2.24) is 9.97 Å². The minimum absolute atomic E-state index is 0.134. The first kappa shape index (κ1) is 12.7. The second-order valence-electron chi connectivity index (χ2n) is 4.20. The van der Waals surface area contributed by atoms with Crippen molar-refractivity contribution in [2.24, 2.45) is 0 Å². The second-order valence-corrected chi connectivity index (χ2v) is 5.13. The predicted molar refractivity (Wildman–Crippen MR) is 78.2 cm³/mol. The molecule has 5 heteroatoms. The van der Waals surface area contributed by atoms with E-state index in [1.165, 1.54) is 6.07 Å². The van der Waals surface area contributed by atoms with Crippen molar-refractivity contribution in [3.63, 3.8) is 0 Å². The molecule has 2 heterocycles. The molecule has 3 rings (SSSR count). The third-order valence-corrected chi connectivity index (χ3v) is 3.68.